The number of pyridine rings is 1. The zero-order valence-corrected chi connectivity index (χ0v) is 16.7. The van der Waals surface area contributed by atoms with Crippen LogP contribution >= 0.6 is 0 Å². The quantitative estimate of drug-likeness (QED) is 0.880. The number of hydrogen-bond acceptors (Lipinski definition) is 5. The first-order valence-corrected chi connectivity index (χ1v) is 9.84. The Hall–Kier alpha value is -2.44. The number of aryl methyl sites for hydroxylation is 3. The van der Waals surface area contributed by atoms with Gasteiger partial charge in [0, 0.05) is 43.4 Å². The van der Waals surface area contributed by atoms with Crippen molar-refractivity contribution < 1.29 is 14.3 Å². The molecule has 1 spiro atoms. The van der Waals surface area contributed by atoms with Crippen molar-refractivity contribution in [2.75, 3.05) is 36.5 Å². The van der Waals surface area contributed by atoms with Crippen LogP contribution in [0.5, 0.6) is 0 Å². The van der Waals surface area contributed by atoms with E-state index in [1.807, 2.05) is 19.9 Å². The highest BCUT2D eigenvalue weighted by Gasteiger charge is 2.40. The maximum Gasteiger partial charge on any atom is 0.255 e. The van der Waals surface area contributed by atoms with Gasteiger partial charge in [0.15, 0.2) is 5.79 Å². The molecular weight excluding hydrogens is 354 g/mol. The average Bonchev–Trinajstić information content (AvgIpc) is 3.13. The fourth-order valence-corrected chi connectivity index (χ4v) is 4.16. The van der Waals surface area contributed by atoms with Crippen LogP contribution in [0, 0.1) is 20.8 Å². The van der Waals surface area contributed by atoms with Crippen molar-refractivity contribution >= 4 is 17.4 Å². The van der Waals surface area contributed by atoms with Gasteiger partial charge in [-0.2, -0.15) is 0 Å². The minimum atomic E-state index is -0.411. The molecule has 0 bridgehead atoms. The van der Waals surface area contributed by atoms with E-state index in [1.165, 1.54) is 5.56 Å². The smallest absolute Gasteiger partial charge is 0.255 e. The van der Waals surface area contributed by atoms with Crippen LogP contribution in [0.3, 0.4) is 0 Å². The Labute approximate surface area is 165 Å². The summed E-state index contributed by atoms with van der Waals surface area (Å²) in [5.41, 5.74) is 4.82. The molecule has 2 fully saturated rings. The number of carbonyl (C=O) groups excluding carboxylic acids is 1. The van der Waals surface area contributed by atoms with Crippen molar-refractivity contribution in [3.05, 3.63) is 52.7 Å². The Morgan fingerprint density at radius 2 is 1.71 bits per heavy atom. The van der Waals surface area contributed by atoms with Crippen LogP contribution in [0.4, 0.5) is 11.5 Å². The van der Waals surface area contributed by atoms with E-state index in [0.717, 1.165) is 48.6 Å². The van der Waals surface area contributed by atoms with Crippen LogP contribution in [0.25, 0.3) is 0 Å². The summed E-state index contributed by atoms with van der Waals surface area (Å²) in [4.78, 5) is 19.5. The van der Waals surface area contributed by atoms with Crippen molar-refractivity contribution in [1.82, 2.24) is 4.98 Å². The molecule has 6 nitrogen and oxygen atoms in total. The Balaban J connectivity index is 1.47. The maximum absolute atomic E-state index is 12.8. The number of nitrogens with one attached hydrogen (secondary N) is 1. The van der Waals surface area contributed by atoms with E-state index in [4.69, 9.17) is 9.47 Å². The van der Waals surface area contributed by atoms with Gasteiger partial charge in [-0.3, -0.25) is 4.79 Å². The van der Waals surface area contributed by atoms with Crippen LogP contribution in [-0.2, 0) is 9.47 Å². The predicted octanol–water partition coefficient (Wildman–Crippen LogP) is 3.60. The zero-order valence-electron chi connectivity index (χ0n) is 16.7. The van der Waals surface area contributed by atoms with Crippen molar-refractivity contribution in [3.63, 3.8) is 0 Å². The minimum absolute atomic E-state index is 0.116. The highest BCUT2D eigenvalue weighted by molar-refractivity contribution is 6.05. The lowest BCUT2D eigenvalue weighted by Gasteiger charge is -2.38. The number of nitrogens with zero attached hydrogens (tertiary/aromatic N) is 2. The molecule has 1 aromatic heterocycles. The van der Waals surface area contributed by atoms with Gasteiger partial charge in [0.1, 0.15) is 5.82 Å². The van der Waals surface area contributed by atoms with Gasteiger partial charge in [0.2, 0.25) is 0 Å². The summed E-state index contributed by atoms with van der Waals surface area (Å²) >= 11 is 0. The molecule has 2 aliphatic rings. The number of carbonyl (C=O) groups is 1. The van der Waals surface area contributed by atoms with E-state index >= 15 is 0 Å². The van der Waals surface area contributed by atoms with Crippen LogP contribution in [0.1, 0.15) is 39.9 Å². The Bertz CT molecular complexity index is 857. The summed E-state index contributed by atoms with van der Waals surface area (Å²) in [6.07, 6.45) is 3.33. The lowest BCUT2D eigenvalue weighted by Crippen LogP contribution is -2.45. The van der Waals surface area contributed by atoms with Gasteiger partial charge in [-0.1, -0.05) is 17.7 Å². The van der Waals surface area contributed by atoms with E-state index in [-0.39, 0.29) is 5.91 Å². The summed E-state index contributed by atoms with van der Waals surface area (Å²) < 4.78 is 11.6. The van der Waals surface area contributed by atoms with Gasteiger partial charge in [-0.25, -0.2) is 4.98 Å². The lowest BCUT2D eigenvalue weighted by molar-refractivity contribution is -0.169. The first-order chi connectivity index (χ1) is 13.5. The van der Waals surface area contributed by atoms with Crippen molar-refractivity contribution in [2.24, 2.45) is 0 Å². The molecule has 4 rings (SSSR count). The molecule has 0 unspecified atom stereocenters. The standard InChI is InChI=1S/C22H27N3O3/c1-15-12-16(2)20(17(3)13-15)24-21(26)18-4-7-23-19(14-18)25-8-5-22(6-9-25)27-10-11-28-22/h4,7,12-14H,5-6,8-11H2,1-3H3,(H,24,26). The van der Waals surface area contributed by atoms with Gasteiger partial charge < -0.3 is 19.7 Å². The zero-order chi connectivity index (χ0) is 19.7. The van der Waals surface area contributed by atoms with Crippen LogP contribution in [0.2, 0.25) is 0 Å². The Morgan fingerprint density at radius 3 is 2.36 bits per heavy atom. The summed E-state index contributed by atoms with van der Waals surface area (Å²) in [5, 5.41) is 3.07. The van der Waals surface area contributed by atoms with Crippen LogP contribution < -0.4 is 10.2 Å². The summed E-state index contributed by atoms with van der Waals surface area (Å²) in [6.45, 7) is 9.04. The molecule has 1 amide bonds. The third-order valence-corrected chi connectivity index (χ3v) is 5.59. The number of ether oxygens (including phenoxy) is 2. The fourth-order valence-electron chi connectivity index (χ4n) is 4.16. The molecular formula is C22H27N3O3. The topological polar surface area (TPSA) is 63.7 Å². The fraction of sp³-hybridized carbons (Fsp3) is 0.455. The summed E-state index contributed by atoms with van der Waals surface area (Å²) in [7, 11) is 0. The molecule has 1 aromatic carbocycles. The monoisotopic (exact) mass is 381 g/mol. The largest absolute Gasteiger partial charge is 0.356 e. The van der Waals surface area contributed by atoms with Gasteiger partial charge >= 0.3 is 0 Å². The molecule has 28 heavy (non-hydrogen) atoms. The first-order valence-electron chi connectivity index (χ1n) is 9.84. The summed E-state index contributed by atoms with van der Waals surface area (Å²) in [6, 6.07) is 7.78. The number of rotatable bonds is 3. The number of piperidine rings is 1. The minimum Gasteiger partial charge on any atom is -0.356 e. The molecule has 2 aromatic rings. The second-order valence-corrected chi connectivity index (χ2v) is 7.73. The molecule has 2 saturated heterocycles. The predicted molar refractivity (Wildman–Crippen MR) is 109 cm³/mol. The first kappa shape index (κ1) is 18.9. The van der Waals surface area contributed by atoms with Gasteiger partial charge in [0.25, 0.3) is 5.91 Å². The third kappa shape index (κ3) is 3.75. The van der Waals surface area contributed by atoms with E-state index < -0.39 is 5.79 Å². The van der Waals surface area contributed by atoms with Crippen molar-refractivity contribution in [3.8, 4) is 0 Å². The molecule has 1 N–H and O–H groups in total. The van der Waals surface area contributed by atoms with Crippen LogP contribution in [-0.4, -0.2) is 43.0 Å². The van der Waals surface area contributed by atoms with E-state index in [9.17, 15) is 4.79 Å². The number of anilines is 2. The number of benzene rings is 1. The SMILES string of the molecule is Cc1cc(C)c(NC(=O)c2ccnc(N3CCC4(CC3)OCCO4)c2)c(C)c1. The number of amides is 1. The second kappa shape index (κ2) is 7.53. The second-order valence-electron chi connectivity index (χ2n) is 7.73. The Morgan fingerprint density at radius 1 is 1.07 bits per heavy atom. The van der Waals surface area contributed by atoms with E-state index in [1.54, 1.807) is 12.3 Å². The summed E-state index contributed by atoms with van der Waals surface area (Å²) in [5.74, 6) is 0.291. The lowest BCUT2D eigenvalue weighted by atomic mass is 10.0. The molecule has 0 atom stereocenters. The Kier molecular flexibility index (Phi) is 5.08. The van der Waals surface area contributed by atoms with E-state index in [2.05, 4.69) is 34.3 Å². The molecule has 2 aliphatic heterocycles. The average molecular weight is 381 g/mol. The molecule has 3 heterocycles. The molecule has 0 saturated carbocycles. The highest BCUT2D eigenvalue weighted by Crippen LogP contribution is 2.33. The maximum atomic E-state index is 12.8. The van der Waals surface area contributed by atoms with E-state index in [0.29, 0.717) is 18.8 Å². The number of aromatic nitrogens is 1. The van der Waals surface area contributed by atoms with Gasteiger partial charge in [-0.05, 0) is 44.0 Å². The number of hydrogen-bond donors (Lipinski definition) is 1. The van der Waals surface area contributed by atoms with Gasteiger partial charge in [0.05, 0.1) is 13.2 Å². The van der Waals surface area contributed by atoms with Crippen molar-refractivity contribution in [1.29, 1.82) is 0 Å². The normalized spacial score (nSPS) is 18.5. The molecule has 6 heteroatoms. The van der Waals surface area contributed by atoms with Gasteiger partial charge in [-0.15, -0.1) is 0 Å². The molecule has 0 aliphatic carbocycles. The van der Waals surface area contributed by atoms with Crippen molar-refractivity contribution in [2.45, 2.75) is 39.4 Å². The molecule has 148 valence electrons. The highest BCUT2D eigenvalue weighted by atomic mass is 16.7. The molecule has 0 radical (unpaired) electrons. The van der Waals surface area contributed by atoms with Crippen LogP contribution in [0.15, 0.2) is 30.5 Å². The third-order valence-electron chi connectivity index (χ3n) is 5.59.